The zero-order valence-electron chi connectivity index (χ0n) is 17.1. The van der Waals surface area contributed by atoms with Crippen LogP contribution in [0.3, 0.4) is 0 Å². The molecule has 0 heterocycles. The van der Waals surface area contributed by atoms with Gasteiger partial charge in [0.2, 0.25) is 0 Å². The van der Waals surface area contributed by atoms with E-state index in [9.17, 15) is 4.79 Å². The van der Waals surface area contributed by atoms with E-state index in [4.69, 9.17) is 9.47 Å². The number of methoxy groups -OCH3 is 1. The Bertz CT molecular complexity index is 922. The summed E-state index contributed by atoms with van der Waals surface area (Å²) >= 11 is 0. The van der Waals surface area contributed by atoms with E-state index in [1.54, 1.807) is 7.11 Å². The van der Waals surface area contributed by atoms with Crippen LogP contribution in [0, 0.1) is 6.92 Å². The molecule has 0 aromatic heterocycles. The predicted octanol–water partition coefficient (Wildman–Crippen LogP) is 5.07. The van der Waals surface area contributed by atoms with Crippen molar-refractivity contribution >= 4 is 5.91 Å². The first-order chi connectivity index (χ1) is 14.1. The highest BCUT2D eigenvalue weighted by molar-refractivity contribution is 5.82. The Hall–Kier alpha value is -3.27. The standard InChI is InChI=1S/C25H27NO3/c1-4-23(29-21-16-14-20(28-3)15-17-21)25(27)26-24(19-11-6-5-7-12-19)22-13-9-8-10-18(22)2/h5-17,23-24H,4H2,1-3H3,(H,26,27)/t23-,24+/m1/s1. The van der Waals surface area contributed by atoms with Crippen LogP contribution in [0.1, 0.15) is 36.1 Å². The lowest BCUT2D eigenvalue weighted by atomic mass is 9.94. The van der Waals surface area contributed by atoms with Crippen molar-refractivity contribution in [1.82, 2.24) is 5.32 Å². The summed E-state index contributed by atoms with van der Waals surface area (Å²) in [6, 6.07) is 25.1. The van der Waals surface area contributed by atoms with E-state index in [0.29, 0.717) is 12.2 Å². The summed E-state index contributed by atoms with van der Waals surface area (Å²) in [7, 11) is 1.62. The molecule has 0 fully saturated rings. The topological polar surface area (TPSA) is 47.6 Å². The van der Waals surface area contributed by atoms with Crippen LogP contribution in [0.5, 0.6) is 11.5 Å². The second kappa shape index (κ2) is 9.78. The highest BCUT2D eigenvalue weighted by Crippen LogP contribution is 2.26. The zero-order chi connectivity index (χ0) is 20.6. The molecule has 1 amide bonds. The van der Waals surface area contributed by atoms with E-state index in [2.05, 4.69) is 24.4 Å². The molecule has 3 aromatic carbocycles. The van der Waals surface area contributed by atoms with Crippen LogP contribution in [0.15, 0.2) is 78.9 Å². The van der Waals surface area contributed by atoms with Crippen LogP contribution in [0.2, 0.25) is 0 Å². The van der Waals surface area contributed by atoms with Gasteiger partial charge in [-0.05, 0) is 54.3 Å². The van der Waals surface area contributed by atoms with E-state index >= 15 is 0 Å². The number of carbonyl (C=O) groups is 1. The molecule has 0 spiro atoms. The SMILES string of the molecule is CC[C@@H](Oc1ccc(OC)cc1)C(=O)N[C@@H](c1ccccc1)c1ccccc1C. The first kappa shape index (κ1) is 20.5. The Labute approximate surface area is 172 Å². The van der Waals surface area contributed by atoms with E-state index < -0.39 is 6.10 Å². The van der Waals surface area contributed by atoms with E-state index in [0.717, 1.165) is 22.4 Å². The maximum absolute atomic E-state index is 13.1. The van der Waals surface area contributed by atoms with Crippen molar-refractivity contribution < 1.29 is 14.3 Å². The van der Waals surface area contributed by atoms with Crippen molar-refractivity contribution in [2.75, 3.05) is 7.11 Å². The fraction of sp³-hybridized carbons (Fsp3) is 0.240. The third-order valence-corrected chi connectivity index (χ3v) is 4.92. The minimum absolute atomic E-state index is 0.138. The summed E-state index contributed by atoms with van der Waals surface area (Å²) in [5, 5.41) is 3.20. The van der Waals surface area contributed by atoms with Gasteiger partial charge in [-0.25, -0.2) is 0 Å². The van der Waals surface area contributed by atoms with Crippen LogP contribution in [-0.4, -0.2) is 19.1 Å². The first-order valence-corrected chi connectivity index (χ1v) is 9.84. The molecule has 0 radical (unpaired) electrons. The molecule has 4 heteroatoms. The molecule has 3 rings (SSSR count). The van der Waals surface area contributed by atoms with Crippen molar-refractivity contribution in [3.8, 4) is 11.5 Å². The molecule has 0 unspecified atom stereocenters. The molecule has 0 bridgehead atoms. The third-order valence-electron chi connectivity index (χ3n) is 4.92. The predicted molar refractivity (Wildman–Crippen MR) is 115 cm³/mol. The monoisotopic (exact) mass is 389 g/mol. The fourth-order valence-corrected chi connectivity index (χ4v) is 3.27. The molecule has 4 nitrogen and oxygen atoms in total. The maximum Gasteiger partial charge on any atom is 0.261 e. The number of amides is 1. The first-order valence-electron chi connectivity index (χ1n) is 9.84. The molecule has 3 aromatic rings. The Balaban J connectivity index is 1.81. The highest BCUT2D eigenvalue weighted by Gasteiger charge is 2.24. The fourth-order valence-electron chi connectivity index (χ4n) is 3.27. The number of ether oxygens (including phenoxy) is 2. The Morgan fingerprint density at radius 2 is 1.52 bits per heavy atom. The van der Waals surface area contributed by atoms with Gasteiger partial charge in [0.05, 0.1) is 13.2 Å². The number of carbonyl (C=O) groups excluding carboxylic acids is 1. The van der Waals surface area contributed by atoms with E-state index in [1.165, 1.54) is 0 Å². The zero-order valence-corrected chi connectivity index (χ0v) is 17.1. The number of rotatable bonds is 8. The summed E-state index contributed by atoms with van der Waals surface area (Å²) in [5.74, 6) is 1.25. The van der Waals surface area contributed by atoms with Crippen molar-refractivity contribution in [3.63, 3.8) is 0 Å². The summed E-state index contributed by atoms with van der Waals surface area (Å²) in [5.41, 5.74) is 3.24. The van der Waals surface area contributed by atoms with Crippen molar-refractivity contribution in [2.24, 2.45) is 0 Å². The number of aryl methyl sites for hydroxylation is 1. The Kier molecular flexibility index (Phi) is 6.90. The third kappa shape index (κ3) is 5.17. The van der Waals surface area contributed by atoms with Crippen molar-refractivity contribution in [1.29, 1.82) is 0 Å². The second-order valence-electron chi connectivity index (χ2n) is 6.90. The second-order valence-corrected chi connectivity index (χ2v) is 6.90. The molecular weight excluding hydrogens is 362 g/mol. The molecule has 0 aliphatic heterocycles. The van der Waals surface area contributed by atoms with Gasteiger partial charge in [0.1, 0.15) is 11.5 Å². The molecule has 1 N–H and O–H groups in total. The van der Waals surface area contributed by atoms with Crippen LogP contribution in [0.4, 0.5) is 0 Å². The van der Waals surface area contributed by atoms with Crippen LogP contribution in [-0.2, 0) is 4.79 Å². The lowest BCUT2D eigenvalue weighted by Crippen LogP contribution is -2.40. The average molecular weight is 389 g/mol. The van der Waals surface area contributed by atoms with Gasteiger partial charge < -0.3 is 14.8 Å². The summed E-state index contributed by atoms with van der Waals surface area (Å²) in [6.45, 7) is 4.00. The Morgan fingerprint density at radius 3 is 2.14 bits per heavy atom. The quantitative estimate of drug-likeness (QED) is 0.585. The van der Waals surface area contributed by atoms with Gasteiger partial charge in [-0.3, -0.25) is 4.79 Å². The van der Waals surface area contributed by atoms with Gasteiger partial charge in [0, 0.05) is 0 Å². The summed E-state index contributed by atoms with van der Waals surface area (Å²) < 4.78 is 11.1. The molecular formula is C25H27NO3. The van der Waals surface area contributed by atoms with Gasteiger partial charge in [0.25, 0.3) is 5.91 Å². The maximum atomic E-state index is 13.1. The van der Waals surface area contributed by atoms with E-state index in [1.807, 2.05) is 73.7 Å². The minimum Gasteiger partial charge on any atom is -0.497 e. The largest absolute Gasteiger partial charge is 0.497 e. The minimum atomic E-state index is -0.585. The average Bonchev–Trinajstić information content (AvgIpc) is 2.77. The molecule has 150 valence electrons. The van der Waals surface area contributed by atoms with Gasteiger partial charge in [-0.15, -0.1) is 0 Å². The summed E-state index contributed by atoms with van der Waals surface area (Å²) in [4.78, 5) is 13.1. The number of hydrogen-bond acceptors (Lipinski definition) is 3. The molecule has 0 aliphatic carbocycles. The lowest BCUT2D eigenvalue weighted by molar-refractivity contribution is -0.128. The van der Waals surface area contributed by atoms with Crippen LogP contribution < -0.4 is 14.8 Å². The van der Waals surface area contributed by atoms with Gasteiger partial charge in [-0.1, -0.05) is 61.5 Å². The molecule has 0 saturated heterocycles. The molecule has 2 atom stereocenters. The van der Waals surface area contributed by atoms with Crippen molar-refractivity contribution in [3.05, 3.63) is 95.6 Å². The van der Waals surface area contributed by atoms with Crippen LogP contribution >= 0.6 is 0 Å². The van der Waals surface area contributed by atoms with Gasteiger partial charge in [0.15, 0.2) is 6.10 Å². The lowest BCUT2D eigenvalue weighted by Gasteiger charge is -2.25. The number of hydrogen-bond donors (Lipinski definition) is 1. The molecule has 29 heavy (non-hydrogen) atoms. The molecule has 0 aliphatic rings. The number of nitrogens with one attached hydrogen (secondary N) is 1. The van der Waals surface area contributed by atoms with Gasteiger partial charge >= 0.3 is 0 Å². The Morgan fingerprint density at radius 1 is 0.897 bits per heavy atom. The highest BCUT2D eigenvalue weighted by atomic mass is 16.5. The van der Waals surface area contributed by atoms with E-state index in [-0.39, 0.29) is 11.9 Å². The normalized spacial score (nSPS) is 12.7. The van der Waals surface area contributed by atoms with Crippen molar-refractivity contribution in [2.45, 2.75) is 32.4 Å². The summed E-state index contributed by atoms with van der Waals surface area (Å²) in [6.07, 6.45) is -0.0220. The smallest absolute Gasteiger partial charge is 0.261 e. The number of benzene rings is 3. The van der Waals surface area contributed by atoms with Crippen LogP contribution in [0.25, 0.3) is 0 Å². The van der Waals surface area contributed by atoms with Gasteiger partial charge in [-0.2, -0.15) is 0 Å². The molecule has 0 saturated carbocycles.